The molecule has 0 saturated carbocycles. The van der Waals surface area contributed by atoms with Crippen molar-refractivity contribution in [3.8, 4) is 6.07 Å². The molecule has 114 valence electrons. The molecular formula is C15H14ClN3O2S. The Labute approximate surface area is 134 Å². The number of allylic oxidation sites excluding steroid dienone is 1. The van der Waals surface area contributed by atoms with Gasteiger partial charge in [0.25, 0.3) is 0 Å². The van der Waals surface area contributed by atoms with Gasteiger partial charge in [0.1, 0.15) is 6.07 Å². The second-order valence-corrected chi connectivity index (χ2v) is 7.06. The zero-order valence-electron chi connectivity index (χ0n) is 12.1. The molecule has 2 aromatic rings. The van der Waals surface area contributed by atoms with Crippen LogP contribution < -0.4 is 5.01 Å². The maximum absolute atomic E-state index is 12.6. The average molecular weight is 336 g/mol. The molecule has 22 heavy (non-hydrogen) atoms. The predicted octanol–water partition coefficient (Wildman–Crippen LogP) is 2.68. The van der Waals surface area contributed by atoms with Crippen molar-refractivity contribution in [2.24, 2.45) is 0 Å². The Balaban J connectivity index is 2.54. The molecule has 0 radical (unpaired) electrons. The van der Waals surface area contributed by atoms with Crippen molar-refractivity contribution in [2.75, 3.05) is 19.1 Å². The summed E-state index contributed by atoms with van der Waals surface area (Å²) in [4.78, 5) is -0.340. The van der Waals surface area contributed by atoms with Crippen molar-refractivity contribution in [1.29, 1.82) is 5.26 Å². The van der Waals surface area contributed by atoms with Gasteiger partial charge in [-0.25, -0.2) is 8.42 Å². The molecule has 0 aliphatic heterocycles. The maximum atomic E-state index is 12.6. The minimum Gasteiger partial charge on any atom is -0.319 e. The lowest BCUT2D eigenvalue weighted by molar-refractivity contribution is 0.603. The molecule has 0 aliphatic carbocycles. The van der Waals surface area contributed by atoms with E-state index in [1.807, 2.05) is 14.1 Å². The summed E-state index contributed by atoms with van der Waals surface area (Å²) < 4.78 is 26.8. The van der Waals surface area contributed by atoms with E-state index in [1.165, 1.54) is 24.3 Å². The zero-order valence-corrected chi connectivity index (χ0v) is 13.6. The van der Waals surface area contributed by atoms with E-state index in [4.69, 9.17) is 11.6 Å². The number of sulfone groups is 1. The molecule has 0 unspecified atom stereocenters. The van der Waals surface area contributed by atoms with Gasteiger partial charge in [0.15, 0.2) is 4.91 Å². The summed E-state index contributed by atoms with van der Waals surface area (Å²) in [6, 6.07) is 11.1. The number of nitriles is 1. The van der Waals surface area contributed by atoms with Crippen LogP contribution in [-0.2, 0) is 9.84 Å². The van der Waals surface area contributed by atoms with Gasteiger partial charge in [-0.05, 0) is 36.4 Å². The smallest absolute Gasteiger partial charge is 0.216 e. The van der Waals surface area contributed by atoms with Crippen LogP contribution in [0.25, 0.3) is 6.08 Å². The van der Waals surface area contributed by atoms with Crippen LogP contribution >= 0.6 is 11.6 Å². The highest BCUT2D eigenvalue weighted by Gasteiger charge is 2.21. The minimum absolute atomic E-state index is 0.00393. The first-order chi connectivity index (χ1) is 10.4. The number of hydrogen-bond acceptors (Lipinski definition) is 4. The van der Waals surface area contributed by atoms with Crippen molar-refractivity contribution >= 4 is 27.5 Å². The van der Waals surface area contributed by atoms with E-state index in [0.29, 0.717) is 10.7 Å². The van der Waals surface area contributed by atoms with E-state index in [2.05, 4.69) is 0 Å². The third-order valence-electron chi connectivity index (χ3n) is 2.97. The van der Waals surface area contributed by atoms with E-state index in [0.717, 1.165) is 0 Å². The molecule has 0 spiro atoms. The lowest BCUT2D eigenvalue weighted by Crippen LogP contribution is -2.24. The summed E-state index contributed by atoms with van der Waals surface area (Å²) in [5, 5.41) is 11.3. The highest BCUT2D eigenvalue weighted by Crippen LogP contribution is 2.23. The monoisotopic (exact) mass is 335 g/mol. The van der Waals surface area contributed by atoms with Gasteiger partial charge in [0.2, 0.25) is 9.84 Å². The van der Waals surface area contributed by atoms with Gasteiger partial charge < -0.3 is 5.01 Å². The van der Waals surface area contributed by atoms with Gasteiger partial charge in [-0.15, -0.1) is 0 Å². The van der Waals surface area contributed by atoms with Crippen LogP contribution in [0.15, 0.2) is 52.4 Å². The van der Waals surface area contributed by atoms with Gasteiger partial charge in [-0.3, -0.25) is 4.68 Å². The molecule has 0 N–H and O–H groups in total. The third-order valence-corrected chi connectivity index (χ3v) is 4.87. The Morgan fingerprint density at radius 2 is 2.05 bits per heavy atom. The average Bonchev–Trinajstić information content (AvgIpc) is 2.93. The van der Waals surface area contributed by atoms with Gasteiger partial charge in [0.05, 0.1) is 10.6 Å². The van der Waals surface area contributed by atoms with E-state index >= 15 is 0 Å². The van der Waals surface area contributed by atoms with E-state index < -0.39 is 9.84 Å². The highest BCUT2D eigenvalue weighted by atomic mass is 35.5. The van der Waals surface area contributed by atoms with Crippen LogP contribution in [-0.4, -0.2) is 27.2 Å². The summed E-state index contributed by atoms with van der Waals surface area (Å²) in [6.45, 7) is 0. The Hall–Kier alpha value is -2.23. The second-order valence-electron chi connectivity index (χ2n) is 4.71. The molecule has 1 aromatic heterocycles. The van der Waals surface area contributed by atoms with Crippen molar-refractivity contribution in [3.05, 3.63) is 58.2 Å². The highest BCUT2D eigenvalue weighted by molar-refractivity contribution is 7.95. The minimum atomic E-state index is -3.91. The summed E-state index contributed by atoms with van der Waals surface area (Å²) in [5.41, 5.74) is 0.590. The molecule has 0 amide bonds. The molecule has 0 fully saturated rings. The number of rotatable bonds is 4. The van der Waals surface area contributed by atoms with Crippen LogP contribution in [0.2, 0.25) is 5.02 Å². The number of halogens is 1. The fraction of sp³-hybridized carbons (Fsp3) is 0.133. The van der Waals surface area contributed by atoms with Gasteiger partial charge in [-0.1, -0.05) is 17.7 Å². The lowest BCUT2D eigenvalue weighted by Gasteiger charge is -2.16. The Morgan fingerprint density at radius 3 is 2.64 bits per heavy atom. The summed E-state index contributed by atoms with van der Waals surface area (Å²) in [7, 11) is -0.280. The Morgan fingerprint density at radius 1 is 1.32 bits per heavy atom. The normalized spacial score (nSPS) is 12.0. The molecule has 1 heterocycles. The molecule has 2 rings (SSSR count). The summed E-state index contributed by atoms with van der Waals surface area (Å²) in [6.07, 6.45) is 3.11. The van der Waals surface area contributed by atoms with Crippen LogP contribution in [0.4, 0.5) is 0 Å². The van der Waals surface area contributed by atoms with Gasteiger partial charge in [0, 0.05) is 25.3 Å². The fourth-order valence-corrected chi connectivity index (χ4v) is 3.37. The quantitative estimate of drug-likeness (QED) is 0.806. The van der Waals surface area contributed by atoms with E-state index in [-0.39, 0.29) is 9.80 Å². The van der Waals surface area contributed by atoms with Crippen molar-refractivity contribution < 1.29 is 8.42 Å². The number of nitrogens with zero attached hydrogens (tertiary/aromatic N) is 3. The molecule has 1 aromatic carbocycles. The van der Waals surface area contributed by atoms with E-state index in [9.17, 15) is 13.7 Å². The predicted molar refractivity (Wildman–Crippen MR) is 86.7 cm³/mol. The van der Waals surface area contributed by atoms with Crippen LogP contribution in [0.3, 0.4) is 0 Å². The topological polar surface area (TPSA) is 66.1 Å². The first-order valence-corrected chi connectivity index (χ1v) is 8.20. The number of aromatic nitrogens is 1. The first kappa shape index (κ1) is 16.1. The Bertz CT molecular complexity index is 861. The van der Waals surface area contributed by atoms with Crippen LogP contribution in [0, 0.1) is 11.3 Å². The largest absolute Gasteiger partial charge is 0.319 e. The summed E-state index contributed by atoms with van der Waals surface area (Å²) >= 11 is 5.83. The molecule has 0 atom stereocenters. The van der Waals surface area contributed by atoms with Crippen LogP contribution in [0.5, 0.6) is 0 Å². The Kier molecular flexibility index (Phi) is 4.59. The van der Waals surface area contributed by atoms with Crippen LogP contribution in [0.1, 0.15) is 5.69 Å². The number of benzene rings is 1. The standard InChI is InChI=1S/C15H14ClN3O2S/c1-18(2)19-8-4-6-13(19)10-15(11-17)22(20,21)14-7-3-5-12(16)9-14/h3-10H,1-2H3. The second kappa shape index (κ2) is 6.26. The molecule has 0 bridgehead atoms. The van der Waals surface area contributed by atoms with Crippen molar-refractivity contribution in [2.45, 2.75) is 4.90 Å². The molecule has 0 saturated heterocycles. The maximum Gasteiger partial charge on any atom is 0.216 e. The molecule has 7 heteroatoms. The van der Waals surface area contributed by atoms with Crippen molar-refractivity contribution in [3.63, 3.8) is 0 Å². The summed E-state index contributed by atoms with van der Waals surface area (Å²) in [5.74, 6) is 0. The van der Waals surface area contributed by atoms with Gasteiger partial charge >= 0.3 is 0 Å². The van der Waals surface area contributed by atoms with Gasteiger partial charge in [-0.2, -0.15) is 5.26 Å². The van der Waals surface area contributed by atoms with E-state index in [1.54, 1.807) is 40.2 Å². The molecular weight excluding hydrogens is 322 g/mol. The SMILES string of the molecule is CN(C)n1cccc1C=C(C#N)S(=O)(=O)c1cccc(Cl)c1. The first-order valence-electron chi connectivity index (χ1n) is 6.33. The fourth-order valence-electron chi connectivity index (χ4n) is 1.93. The third kappa shape index (κ3) is 3.16. The zero-order chi connectivity index (χ0) is 16.3. The van der Waals surface area contributed by atoms with Crippen molar-refractivity contribution in [1.82, 2.24) is 4.68 Å². The lowest BCUT2D eigenvalue weighted by atomic mass is 10.4. The number of hydrogen-bond donors (Lipinski definition) is 0. The molecule has 0 aliphatic rings. The molecule has 5 nitrogen and oxygen atoms in total.